The van der Waals surface area contributed by atoms with Crippen LogP contribution in [0.3, 0.4) is 0 Å². The number of carboxylic acid groups (broad SMARTS) is 1. The van der Waals surface area contributed by atoms with Gasteiger partial charge in [0.2, 0.25) is 0 Å². The molecule has 2 heterocycles. The fourth-order valence-corrected chi connectivity index (χ4v) is 5.92. The molecule has 186 valence electrons. The van der Waals surface area contributed by atoms with Crippen LogP contribution >= 0.6 is 0 Å². The van der Waals surface area contributed by atoms with Crippen LogP contribution in [0.2, 0.25) is 0 Å². The third kappa shape index (κ3) is 4.10. The van der Waals surface area contributed by atoms with Gasteiger partial charge >= 0.3 is 5.97 Å². The number of aryl methyl sites for hydroxylation is 1. The number of Topliss-reactive ketones (excluding diaryl/α,β-unsaturated/α-hetero) is 1. The summed E-state index contributed by atoms with van der Waals surface area (Å²) in [6, 6.07) is 4.27. The highest BCUT2D eigenvalue weighted by Gasteiger charge is 2.50. The van der Waals surface area contributed by atoms with Crippen LogP contribution in [0.5, 0.6) is 11.5 Å². The number of hydrogen-bond donors (Lipinski definition) is 1. The lowest BCUT2D eigenvalue weighted by molar-refractivity contribution is -0.143. The fourth-order valence-electron chi connectivity index (χ4n) is 5.92. The minimum atomic E-state index is -1.16. The number of ketones is 1. The molecule has 0 amide bonds. The van der Waals surface area contributed by atoms with E-state index in [9.17, 15) is 14.7 Å². The Kier molecular flexibility index (Phi) is 5.55. The average Bonchev–Trinajstić information content (AvgIpc) is 3.72. The molecule has 0 spiro atoms. The highest BCUT2D eigenvalue weighted by molar-refractivity contribution is 6.17. The molecule has 5 aliphatic rings. The van der Waals surface area contributed by atoms with E-state index in [4.69, 9.17) is 14.2 Å². The third-order valence-corrected chi connectivity index (χ3v) is 8.41. The molecule has 1 saturated heterocycles. The van der Waals surface area contributed by atoms with E-state index in [0.29, 0.717) is 31.5 Å². The van der Waals surface area contributed by atoms with Crippen LogP contribution in [0.25, 0.3) is 5.57 Å². The number of carboxylic acids is 1. The van der Waals surface area contributed by atoms with Crippen molar-refractivity contribution in [3.63, 3.8) is 0 Å². The molecule has 0 radical (unpaired) electrons. The first kappa shape index (κ1) is 22.8. The van der Waals surface area contributed by atoms with Gasteiger partial charge in [-0.2, -0.15) is 0 Å². The van der Waals surface area contributed by atoms with Gasteiger partial charge in [0.15, 0.2) is 5.78 Å². The molecule has 0 bridgehead atoms. The first-order chi connectivity index (χ1) is 16.9. The summed E-state index contributed by atoms with van der Waals surface area (Å²) in [5.41, 5.74) is 3.82. The van der Waals surface area contributed by atoms with Crippen LogP contribution in [0.4, 0.5) is 0 Å². The van der Waals surface area contributed by atoms with Gasteiger partial charge in [-0.15, -0.1) is 0 Å². The Hall–Kier alpha value is -2.60. The summed E-state index contributed by atoms with van der Waals surface area (Å²) in [6.45, 7) is 6.09. The van der Waals surface area contributed by atoms with Crippen LogP contribution in [0, 0.1) is 23.2 Å². The first-order valence-electron chi connectivity index (χ1n) is 13.1. The van der Waals surface area contributed by atoms with Crippen molar-refractivity contribution in [3.05, 3.63) is 40.5 Å². The lowest BCUT2D eigenvalue weighted by Gasteiger charge is -2.48. The molecule has 2 saturated carbocycles. The molecule has 0 aromatic heterocycles. The van der Waals surface area contributed by atoms with Gasteiger partial charge in [-0.1, -0.05) is 13.8 Å². The Bertz CT molecular complexity index is 1130. The summed E-state index contributed by atoms with van der Waals surface area (Å²) in [5.74, 6) is 1.66. The first-order valence-corrected chi connectivity index (χ1v) is 13.1. The Morgan fingerprint density at radius 2 is 1.94 bits per heavy atom. The predicted octanol–water partition coefficient (Wildman–Crippen LogP) is 4.99. The molecular weight excluding hydrogens is 444 g/mol. The van der Waals surface area contributed by atoms with Crippen molar-refractivity contribution in [1.82, 2.24) is 0 Å². The SMILES string of the molecule is CCc1cc2c(cc1OCC1CC1)OC(C1(C)COC1)C1=C2C(C2CC2)CCC(=O)/C(C(=O)O)=C\1. The van der Waals surface area contributed by atoms with Crippen LogP contribution in [0.15, 0.2) is 29.4 Å². The lowest BCUT2D eigenvalue weighted by atomic mass is 9.70. The predicted molar refractivity (Wildman–Crippen MR) is 130 cm³/mol. The van der Waals surface area contributed by atoms with E-state index in [1.807, 2.05) is 0 Å². The average molecular weight is 479 g/mol. The van der Waals surface area contributed by atoms with E-state index in [0.717, 1.165) is 54.1 Å². The fraction of sp³-hybridized carbons (Fsp3) is 0.586. The van der Waals surface area contributed by atoms with Crippen molar-refractivity contribution in [2.45, 2.75) is 64.9 Å². The summed E-state index contributed by atoms with van der Waals surface area (Å²) in [6.07, 6.45) is 7.81. The van der Waals surface area contributed by atoms with Crippen LogP contribution in [-0.2, 0) is 20.7 Å². The zero-order chi connectivity index (χ0) is 24.3. The number of ether oxygens (including phenoxy) is 3. The van der Waals surface area contributed by atoms with E-state index in [1.54, 1.807) is 6.08 Å². The summed E-state index contributed by atoms with van der Waals surface area (Å²) >= 11 is 0. The zero-order valence-electron chi connectivity index (χ0n) is 20.6. The quantitative estimate of drug-likeness (QED) is 0.556. The Morgan fingerprint density at radius 1 is 1.17 bits per heavy atom. The summed E-state index contributed by atoms with van der Waals surface area (Å²) in [7, 11) is 0. The summed E-state index contributed by atoms with van der Waals surface area (Å²) in [5, 5.41) is 9.89. The molecule has 2 atom stereocenters. The van der Waals surface area contributed by atoms with E-state index in [2.05, 4.69) is 26.0 Å². The molecule has 1 aromatic rings. The molecule has 6 rings (SSSR count). The van der Waals surface area contributed by atoms with Gasteiger partial charge in [-0.3, -0.25) is 4.79 Å². The van der Waals surface area contributed by atoms with Crippen molar-refractivity contribution < 1.29 is 28.9 Å². The van der Waals surface area contributed by atoms with Crippen molar-refractivity contribution in [2.24, 2.45) is 23.2 Å². The Labute approximate surface area is 206 Å². The number of aliphatic carboxylic acids is 1. The van der Waals surface area contributed by atoms with Crippen molar-refractivity contribution in [2.75, 3.05) is 19.8 Å². The van der Waals surface area contributed by atoms with Gasteiger partial charge in [0.05, 0.1) is 25.2 Å². The number of carbonyl (C=O) groups excluding carboxylic acids is 1. The van der Waals surface area contributed by atoms with Crippen molar-refractivity contribution in [3.8, 4) is 11.5 Å². The molecule has 6 heteroatoms. The number of benzene rings is 1. The number of hydrogen-bond acceptors (Lipinski definition) is 5. The number of fused-ring (bicyclic) bond motifs is 2. The third-order valence-electron chi connectivity index (χ3n) is 8.41. The molecule has 3 fully saturated rings. The van der Waals surface area contributed by atoms with Gasteiger partial charge < -0.3 is 19.3 Å². The number of rotatable bonds is 7. The van der Waals surface area contributed by atoms with Crippen LogP contribution < -0.4 is 9.47 Å². The zero-order valence-corrected chi connectivity index (χ0v) is 20.6. The van der Waals surface area contributed by atoms with Crippen molar-refractivity contribution >= 4 is 17.3 Å². The van der Waals surface area contributed by atoms with Crippen LogP contribution in [0.1, 0.15) is 63.5 Å². The molecule has 1 N–H and O–H groups in total. The van der Waals surface area contributed by atoms with Crippen molar-refractivity contribution in [1.29, 1.82) is 0 Å². The lowest BCUT2D eigenvalue weighted by Crippen LogP contribution is -2.53. The second-order valence-electron chi connectivity index (χ2n) is 11.3. The Morgan fingerprint density at radius 3 is 2.54 bits per heavy atom. The molecule has 3 aliphatic carbocycles. The largest absolute Gasteiger partial charge is 0.493 e. The van der Waals surface area contributed by atoms with Gasteiger partial charge in [-0.25, -0.2) is 4.79 Å². The second-order valence-corrected chi connectivity index (χ2v) is 11.3. The highest BCUT2D eigenvalue weighted by atomic mass is 16.5. The van der Waals surface area contributed by atoms with Gasteiger partial charge in [0.25, 0.3) is 0 Å². The van der Waals surface area contributed by atoms with E-state index < -0.39 is 5.97 Å². The summed E-state index contributed by atoms with van der Waals surface area (Å²) < 4.78 is 18.6. The maximum Gasteiger partial charge on any atom is 0.339 e. The molecule has 2 unspecified atom stereocenters. The molecule has 35 heavy (non-hydrogen) atoms. The van der Waals surface area contributed by atoms with E-state index in [1.165, 1.54) is 18.4 Å². The minimum absolute atomic E-state index is 0.132. The smallest absolute Gasteiger partial charge is 0.339 e. The molecular formula is C29H34O6. The van der Waals surface area contributed by atoms with Crippen LogP contribution in [-0.4, -0.2) is 42.8 Å². The number of allylic oxidation sites excluding steroid dienone is 1. The van der Waals surface area contributed by atoms with E-state index in [-0.39, 0.29) is 35.2 Å². The van der Waals surface area contributed by atoms with Gasteiger partial charge in [0.1, 0.15) is 23.2 Å². The van der Waals surface area contributed by atoms with Gasteiger partial charge in [-0.05, 0) is 85.1 Å². The monoisotopic (exact) mass is 478 g/mol. The summed E-state index contributed by atoms with van der Waals surface area (Å²) in [4.78, 5) is 25.0. The Balaban J connectivity index is 1.55. The highest BCUT2D eigenvalue weighted by Crippen LogP contribution is 2.55. The van der Waals surface area contributed by atoms with E-state index >= 15 is 0 Å². The second kappa shape index (κ2) is 8.51. The topological polar surface area (TPSA) is 82.1 Å². The maximum atomic E-state index is 12.9. The molecule has 2 aliphatic heterocycles. The standard InChI is InChI=1S/C29H34O6/c1-3-17-10-21-25(12-24(17)34-13-16-4-5-16)35-27(29(2)14-33-15-29)22-11-20(28(31)32)23(30)9-8-19(26(21)22)18-6-7-18/h10-12,16,18-19,27H,3-9,13-15H2,1-2H3,(H,31,32)/b20-11+. The normalized spacial score (nSPS) is 29.0. The molecule has 1 aromatic carbocycles. The van der Waals surface area contributed by atoms with Gasteiger partial charge in [0, 0.05) is 18.1 Å². The number of carbonyl (C=O) groups is 2. The maximum absolute atomic E-state index is 12.9. The minimum Gasteiger partial charge on any atom is -0.493 e. The molecule has 6 nitrogen and oxygen atoms in total.